The Kier molecular flexibility index (Phi) is 6.00. The van der Waals surface area contributed by atoms with Gasteiger partial charge in [0.15, 0.2) is 0 Å². The zero-order valence-corrected chi connectivity index (χ0v) is 18.9. The molecule has 1 aromatic heterocycles. The third-order valence-electron chi connectivity index (χ3n) is 6.12. The minimum Gasteiger partial charge on any atom is -0.361 e. The Labute approximate surface area is 179 Å². The summed E-state index contributed by atoms with van der Waals surface area (Å²) in [7, 11) is 1.08. The van der Waals surface area contributed by atoms with Crippen molar-refractivity contribution < 1.29 is 8.42 Å². The fourth-order valence-electron chi connectivity index (χ4n) is 4.50. The summed E-state index contributed by atoms with van der Waals surface area (Å²) in [5, 5.41) is 1.25. The van der Waals surface area contributed by atoms with E-state index in [-0.39, 0.29) is 5.75 Å². The summed E-state index contributed by atoms with van der Waals surface area (Å²) >= 11 is 0. The molecule has 0 radical (unpaired) electrons. The number of nitrogens with zero attached hydrogens (tertiary/aromatic N) is 2. The van der Waals surface area contributed by atoms with E-state index in [1.165, 1.54) is 27.6 Å². The zero-order chi connectivity index (χ0) is 21.3. The average Bonchev–Trinajstić information content (AvgIpc) is 3.17. The Morgan fingerprint density at radius 2 is 1.80 bits per heavy atom. The Hall–Kier alpha value is -2.15. The molecule has 1 fully saturated rings. The molecule has 4 rings (SSSR count). The Balaban J connectivity index is 1.60. The van der Waals surface area contributed by atoms with Crippen molar-refractivity contribution in [3.63, 3.8) is 0 Å². The van der Waals surface area contributed by atoms with E-state index in [4.69, 9.17) is 0 Å². The normalized spacial score (nSPS) is 16.5. The smallest absolute Gasteiger partial charge is 0.213 e. The van der Waals surface area contributed by atoms with Gasteiger partial charge in [0.1, 0.15) is 0 Å². The second-order valence-corrected chi connectivity index (χ2v) is 10.8. The molecule has 6 heteroatoms. The van der Waals surface area contributed by atoms with Gasteiger partial charge in [0.2, 0.25) is 10.0 Å². The first kappa shape index (κ1) is 21.1. The van der Waals surface area contributed by atoms with Crippen molar-refractivity contribution in [2.75, 3.05) is 32.9 Å². The SMILES string of the molecule is CCS(=O)(=O)N1CCC(c2c[nH]c3ccc(-c4cccc(CN(C)C)c4)cc23)CC1. The number of benzene rings is 2. The van der Waals surface area contributed by atoms with Gasteiger partial charge in [-0.05, 0) is 80.2 Å². The van der Waals surface area contributed by atoms with Crippen LogP contribution in [0, 0.1) is 0 Å². The lowest BCUT2D eigenvalue weighted by atomic mass is 9.89. The van der Waals surface area contributed by atoms with Crippen LogP contribution in [0.5, 0.6) is 0 Å². The van der Waals surface area contributed by atoms with Gasteiger partial charge in [-0.2, -0.15) is 0 Å². The molecular formula is C24H31N3O2S. The summed E-state index contributed by atoms with van der Waals surface area (Å²) < 4.78 is 26.0. The molecule has 0 atom stereocenters. The molecule has 0 spiro atoms. The van der Waals surface area contributed by atoms with Crippen LogP contribution in [-0.2, 0) is 16.6 Å². The maximum Gasteiger partial charge on any atom is 0.213 e. The van der Waals surface area contributed by atoms with E-state index in [0.717, 1.165) is 24.9 Å². The van der Waals surface area contributed by atoms with Gasteiger partial charge in [-0.25, -0.2) is 12.7 Å². The number of rotatable bonds is 6. The predicted molar refractivity (Wildman–Crippen MR) is 124 cm³/mol. The van der Waals surface area contributed by atoms with E-state index >= 15 is 0 Å². The van der Waals surface area contributed by atoms with E-state index in [0.29, 0.717) is 19.0 Å². The molecule has 0 saturated carbocycles. The summed E-state index contributed by atoms with van der Waals surface area (Å²) in [5.41, 5.74) is 6.20. The van der Waals surface area contributed by atoms with E-state index in [1.807, 2.05) is 0 Å². The second kappa shape index (κ2) is 8.53. The summed E-state index contributed by atoms with van der Waals surface area (Å²) in [6, 6.07) is 15.3. The van der Waals surface area contributed by atoms with E-state index in [2.05, 4.69) is 72.6 Å². The zero-order valence-electron chi connectivity index (χ0n) is 18.1. The molecule has 160 valence electrons. The molecule has 1 aliphatic heterocycles. The van der Waals surface area contributed by atoms with Crippen LogP contribution in [0.25, 0.3) is 22.0 Å². The lowest BCUT2D eigenvalue weighted by Gasteiger charge is -2.30. The number of hydrogen-bond acceptors (Lipinski definition) is 3. The van der Waals surface area contributed by atoms with Crippen molar-refractivity contribution in [3.05, 3.63) is 59.8 Å². The third-order valence-corrected chi connectivity index (χ3v) is 8.01. The highest BCUT2D eigenvalue weighted by Gasteiger charge is 2.28. The van der Waals surface area contributed by atoms with Crippen molar-refractivity contribution in [3.8, 4) is 11.1 Å². The first-order valence-corrected chi connectivity index (χ1v) is 12.3. The van der Waals surface area contributed by atoms with Crippen LogP contribution in [0.4, 0.5) is 0 Å². The summed E-state index contributed by atoms with van der Waals surface area (Å²) in [6.45, 7) is 3.86. The molecule has 1 aliphatic rings. The number of fused-ring (bicyclic) bond motifs is 1. The van der Waals surface area contributed by atoms with Gasteiger partial charge in [-0.1, -0.05) is 24.3 Å². The van der Waals surface area contributed by atoms with Gasteiger partial charge < -0.3 is 9.88 Å². The maximum absolute atomic E-state index is 12.2. The lowest BCUT2D eigenvalue weighted by Crippen LogP contribution is -2.38. The number of nitrogens with one attached hydrogen (secondary N) is 1. The van der Waals surface area contributed by atoms with Crippen LogP contribution in [0.1, 0.15) is 36.8 Å². The first-order valence-electron chi connectivity index (χ1n) is 10.7. The fourth-order valence-corrected chi connectivity index (χ4v) is 5.63. The third kappa shape index (κ3) is 4.31. The van der Waals surface area contributed by atoms with Gasteiger partial charge in [0, 0.05) is 36.7 Å². The largest absolute Gasteiger partial charge is 0.361 e. The summed E-state index contributed by atoms with van der Waals surface area (Å²) in [6.07, 6.45) is 3.86. The highest BCUT2D eigenvalue weighted by molar-refractivity contribution is 7.89. The Bertz CT molecular complexity index is 1130. The van der Waals surface area contributed by atoms with Gasteiger partial charge in [0.25, 0.3) is 0 Å². The molecule has 30 heavy (non-hydrogen) atoms. The van der Waals surface area contributed by atoms with Crippen molar-refractivity contribution in [1.29, 1.82) is 0 Å². The Morgan fingerprint density at radius 3 is 2.50 bits per heavy atom. The summed E-state index contributed by atoms with van der Waals surface area (Å²) in [5.74, 6) is 0.568. The molecule has 1 N–H and O–H groups in total. The number of sulfonamides is 1. The average molecular weight is 426 g/mol. The molecule has 2 aromatic carbocycles. The molecule has 1 saturated heterocycles. The predicted octanol–water partition coefficient (Wildman–Crippen LogP) is 4.43. The first-order chi connectivity index (χ1) is 14.4. The topological polar surface area (TPSA) is 56.4 Å². The van der Waals surface area contributed by atoms with Crippen molar-refractivity contribution >= 4 is 20.9 Å². The minimum absolute atomic E-state index is 0.182. The van der Waals surface area contributed by atoms with Crippen LogP contribution in [0.2, 0.25) is 0 Å². The summed E-state index contributed by atoms with van der Waals surface area (Å²) in [4.78, 5) is 5.59. The van der Waals surface area contributed by atoms with Crippen LogP contribution in [0.3, 0.4) is 0 Å². The molecule has 0 bridgehead atoms. The van der Waals surface area contributed by atoms with Crippen LogP contribution < -0.4 is 0 Å². The van der Waals surface area contributed by atoms with Crippen molar-refractivity contribution in [2.24, 2.45) is 0 Å². The molecular weight excluding hydrogens is 394 g/mol. The maximum atomic E-state index is 12.2. The number of aromatic amines is 1. The lowest BCUT2D eigenvalue weighted by molar-refractivity contribution is 0.321. The molecule has 2 heterocycles. The van der Waals surface area contributed by atoms with Gasteiger partial charge in [-0.3, -0.25) is 0 Å². The number of aromatic nitrogens is 1. The molecule has 3 aromatic rings. The van der Waals surface area contributed by atoms with E-state index in [1.54, 1.807) is 11.2 Å². The van der Waals surface area contributed by atoms with E-state index < -0.39 is 10.0 Å². The van der Waals surface area contributed by atoms with Crippen molar-refractivity contribution in [1.82, 2.24) is 14.2 Å². The highest BCUT2D eigenvalue weighted by Crippen LogP contribution is 2.35. The Morgan fingerprint density at radius 1 is 1.07 bits per heavy atom. The second-order valence-electron chi connectivity index (χ2n) is 8.52. The standard InChI is InChI=1S/C24H31N3O2S/c1-4-30(28,29)27-12-10-19(11-13-27)23-16-25-24-9-8-21(15-22(23)24)20-7-5-6-18(14-20)17-26(2)3/h5-9,14-16,19,25H,4,10-13,17H2,1-3H3. The fraction of sp³-hybridized carbons (Fsp3) is 0.417. The van der Waals surface area contributed by atoms with E-state index in [9.17, 15) is 8.42 Å². The molecule has 0 unspecified atom stereocenters. The van der Waals surface area contributed by atoms with Gasteiger partial charge in [-0.15, -0.1) is 0 Å². The van der Waals surface area contributed by atoms with Crippen molar-refractivity contribution in [2.45, 2.75) is 32.2 Å². The van der Waals surface area contributed by atoms with Crippen LogP contribution in [0.15, 0.2) is 48.7 Å². The van der Waals surface area contributed by atoms with Crippen LogP contribution >= 0.6 is 0 Å². The number of hydrogen-bond donors (Lipinski definition) is 1. The van der Waals surface area contributed by atoms with Gasteiger partial charge >= 0.3 is 0 Å². The molecule has 5 nitrogen and oxygen atoms in total. The highest BCUT2D eigenvalue weighted by atomic mass is 32.2. The quantitative estimate of drug-likeness (QED) is 0.636. The number of H-pyrrole nitrogens is 1. The number of piperidine rings is 1. The van der Waals surface area contributed by atoms with Crippen LogP contribution in [-0.4, -0.2) is 55.5 Å². The molecule has 0 amide bonds. The molecule has 0 aliphatic carbocycles. The monoisotopic (exact) mass is 425 g/mol. The van der Waals surface area contributed by atoms with Gasteiger partial charge in [0.05, 0.1) is 5.75 Å². The minimum atomic E-state index is -3.09.